The maximum Gasteiger partial charge on any atom is 0.232 e. The summed E-state index contributed by atoms with van der Waals surface area (Å²) in [5, 5.41) is 5.03. The summed E-state index contributed by atoms with van der Waals surface area (Å²) in [7, 11) is 0. The van der Waals surface area contributed by atoms with Crippen LogP contribution in [0.5, 0.6) is 0 Å². The molecule has 78 valence electrons. The van der Waals surface area contributed by atoms with Crippen LogP contribution in [0.3, 0.4) is 0 Å². The minimum Gasteiger partial charge on any atom is -0.355 e. The molecule has 1 aromatic rings. The second-order valence-corrected chi connectivity index (χ2v) is 5.21. The predicted octanol–water partition coefficient (Wildman–Crippen LogP) is 2.16. The van der Waals surface area contributed by atoms with Gasteiger partial charge in [-0.05, 0) is 31.0 Å². The smallest absolute Gasteiger partial charge is 0.232 e. The van der Waals surface area contributed by atoms with Crippen LogP contribution in [0.25, 0.3) is 0 Å². The molecule has 1 aromatic heterocycles. The fraction of sp³-hybridized carbons (Fsp3) is 0.500. The Morgan fingerprint density at radius 2 is 2.50 bits per heavy atom. The largest absolute Gasteiger partial charge is 0.355 e. The van der Waals surface area contributed by atoms with E-state index in [1.807, 2.05) is 19.2 Å². The Hall–Kier alpha value is -0.480. The third-order valence-electron chi connectivity index (χ3n) is 1.97. The molecule has 0 unspecified atom stereocenters. The van der Waals surface area contributed by atoms with Crippen LogP contribution in [0.1, 0.15) is 11.8 Å². The van der Waals surface area contributed by atoms with Crippen molar-refractivity contribution in [3.63, 3.8) is 0 Å². The predicted molar refractivity (Wildman–Crippen MR) is 64.0 cm³/mol. The first-order chi connectivity index (χ1) is 6.74. The van der Waals surface area contributed by atoms with Crippen molar-refractivity contribution in [2.24, 2.45) is 0 Å². The zero-order chi connectivity index (χ0) is 10.4. The van der Waals surface area contributed by atoms with Crippen molar-refractivity contribution < 1.29 is 4.79 Å². The van der Waals surface area contributed by atoms with Gasteiger partial charge in [-0.2, -0.15) is 11.8 Å². The van der Waals surface area contributed by atoms with Crippen LogP contribution in [0.2, 0.25) is 0 Å². The molecule has 14 heavy (non-hydrogen) atoms. The van der Waals surface area contributed by atoms with E-state index in [0.29, 0.717) is 0 Å². The topological polar surface area (TPSA) is 29.1 Å². The molecule has 0 aliphatic heterocycles. The first-order valence-electron chi connectivity index (χ1n) is 4.57. The van der Waals surface area contributed by atoms with Gasteiger partial charge in [0.15, 0.2) is 0 Å². The molecule has 0 spiro atoms. The average Bonchev–Trinajstić information content (AvgIpc) is 2.69. The second-order valence-electron chi connectivity index (χ2n) is 3.00. The van der Waals surface area contributed by atoms with Gasteiger partial charge >= 0.3 is 0 Å². The molecule has 0 fully saturated rings. The highest BCUT2D eigenvalue weighted by molar-refractivity contribution is 7.99. The number of carbonyl (C=O) groups is 1. The number of thiophene rings is 1. The second kappa shape index (κ2) is 6.09. The highest BCUT2D eigenvalue weighted by atomic mass is 32.2. The monoisotopic (exact) mass is 229 g/mol. The number of carbonyl (C=O) groups excluding carboxylic acids is 1. The SMILES string of the molecule is CS[C@H](C)C(=O)NCCc1cccs1. The normalized spacial score (nSPS) is 12.4. The van der Waals surface area contributed by atoms with E-state index in [9.17, 15) is 4.79 Å². The van der Waals surface area contributed by atoms with E-state index >= 15 is 0 Å². The van der Waals surface area contributed by atoms with E-state index < -0.39 is 0 Å². The molecule has 0 aromatic carbocycles. The van der Waals surface area contributed by atoms with E-state index in [-0.39, 0.29) is 11.2 Å². The molecule has 1 atom stereocenters. The van der Waals surface area contributed by atoms with Crippen molar-refractivity contribution in [3.05, 3.63) is 22.4 Å². The fourth-order valence-corrected chi connectivity index (χ4v) is 2.02. The van der Waals surface area contributed by atoms with Gasteiger partial charge in [-0.1, -0.05) is 6.07 Å². The molecule has 0 aliphatic carbocycles. The summed E-state index contributed by atoms with van der Waals surface area (Å²) in [5.41, 5.74) is 0. The molecule has 0 radical (unpaired) electrons. The van der Waals surface area contributed by atoms with Gasteiger partial charge < -0.3 is 5.32 Å². The summed E-state index contributed by atoms with van der Waals surface area (Å²) in [4.78, 5) is 12.7. The lowest BCUT2D eigenvalue weighted by Gasteiger charge is -2.08. The summed E-state index contributed by atoms with van der Waals surface area (Å²) < 4.78 is 0. The summed E-state index contributed by atoms with van der Waals surface area (Å²) >= 11 is 3.30. The van der Waals surface area contributed by atoms with Crippen molar-refractivity contribution in [1.82, 2.24) is 5.32 Å². The van der Waals surface area contributed by atoms with Crippen LogP contribution < -0.4 is 5.32 Å². The summed E-state index contributed by atoms with van der Waals surface area (Å²) in [6.07, 6.45) is 2.88. The van der Waals surface area contributed by atoms with Crippen LogP contribution in [-0.4, -0.2) is 24.0 Å². The van der Waals surface area contributed by atoms with Gasteiger partial charge in [0, 0.05) is 11.4 Å². The van der Waals surface area contributed by atoms with Crippen LogP contribution in [0.4, 0.5) is 0 Å². The van der Waals surface area contributed by atoms with E-state index in [2.05, 4.69) is 16.8 Å². The van der Waals surface area contributed by atoms with Gasteiger partial charge in [0.2, 0.25) is 5.91 Å². The number of hydrogen-bond donors (Lipinski definition) is 1. The minimum atomic E-state index is 0.0540. The van der Waals surface area contributed by atoms with Gasteiger partial charge in [0.05, 0.1) is 5.25 Å². The van der Waals surface area contributed by atoms with Gasteiger partial charge in [-0.25, -0.2) is 0 Å². The summed E-state index contributed by atoms with van der Waals surface area (Å²) in [6.45, 7) is 2.66. The standard InChI is InChI=1S/C10H15NOS2/c1-8(13-2)10(12)11-6-5-9-4-3-7-14-9/h3-4,7-8H,5-6H2,1-2H3,(H,11,12)/t8-/m1/s1. The van der Waals surface area contributed by atoms with Crippen molar-refractivity contribution in [2.45, 2.75) is 18.6 Å². The number of thioether (sulfide) groups is 1. The van der Waals surface area contributed by atoms with Gasteiger partial charge in [-0.3, -0.25) is 4.79 Å². The lowest BCUT2D eigenvalue weighted by atomic mass is 10.3. The highest BCUT2D eigenvalue weighted by Crippen LogP contribution is 2.08. The average molecular weight is 229 g/mol. The number of amides is 1. The van der Waals surface area contributed by atoms with Crippen LogP contribution >= 0.6 is 23.1 Å². The lowest BCUT2D eigenvalue weighted by Crippen LogP contribution is -2.32. The first kappa shape index (κ1) is 11.6. The summed E-state index contributed by atoms with van der Waals surface area (Å²) in [6, 6.07) is 4.13. The maximum absolute atomic E-state index is 11.4. The van der Waals surface area contributed by atoms with Crippen molar-refractivity contribution in [2.75, 3.05) is 12.8 Å². The Morgan fingerprint density at radius 3 is 3.07 bits per heavy atom. The lowest BCUT2D eigenvalue weighted by molar-refractivity contribution is -0.120. The molecule has 1 heterocycles. The Morgan fingerprint density at radius 1 is 1.71 bits per heavy atom. The number of rotatable bonds is 5. The van der Waals surface area contributed by atoms with Gasteiger partial charge in [0.25, 0.3) is 0 Å². The fourth-order valence-electron chi connectivity index (χ4n) is 1.01. The minimum absolute atomic E-state index is 0.0540. The molecule has 0 saturated heterocycles. The Bertz CT molecular complexity index is 272. The summed E-state index contributed by atoms with van der Waals surface area (Å²) in [5.74, 6) is 0.133. The molecule has 4 heteroatoms. The number of hydrogen-bond acceptors (Lipinski definition) is 3. The Kier molecular flexibility index (Phi) is 5.04. The quantitative estimate of drug-likeness (QED) is 0.838. The molecule has 1 N–H and O–H groups in total. The molecule has 0 bridgehead atoms. The molecule has 1 amide bonds. The molecule has 1 rings (SSSR count). The molecule has 2 nitrogen and oxygen atoms in total. The van der Waals surface area contributed by atoms with Crippen LogP contribution in [0.15, 0.2) is 17.5 Å². The van der Waals surface area contributed by atoms with Crippen molar-refractivity contribution >= 4 is 29.0 Å². The third kappa shape index (κ3) is 3.72. The first-order valence-corrected chi connectivity index (χ1v) is 6.73. The van der Waals surface area contributed by atoms with E-state index in [4.69, 9.17) is 0 Å². The Labute approximate surface area is 93.1 Å². The molecule has 0 aliphatic rings. The molecule has 0 saturated carbocycles. The van der Waals surface area contributed by atoms with Crippen molar-refractivity contribution in [3.8, 4) is 0 Å². The Balaban J connectivity index is 2.18. The zero-order valence-corrected chi connectivity index (χ0v) is 10.1. The maximum atomic E-state index is 11.4. The van der Waals surface area contributed by atoms with Gasteiger partial charge in [-0.15, -0.1) is 11.3 Å². The number of nitrogens with one attached hydrogen (secondary N) is 1. The van der Waals surface area contributed by atoms with Gasteiger partial charge in [0.1, 0.15) is 0 Å². The van der Waals surface area contributed by atoms with Crippen LogP contribution in [-0.2, 0) is 11.2 Å². The van der Waals surface area contributed by atoms with E-state index in [1.165, 1.54) is 4.88 Å². The molecular formula is C10H15NOS2. The zero-order valence-electron chi connectivity index (χ0n) is 8.45. The highest BCUT2D eigenvalue weighted by Gasteiger charge is 2.09. The molecular weight excluding hydrogens is 214 g/mol. The van der Waals surface area contributed by atoms with Crippen LogP contribution in [0, 0.1) is 0 Å². The third-order valence-corrected chi connectivity index (χ3v) is 3.83. The van der Waals surface area contributed by atoms with E-state index in [0.717, 1.165) is 13.0 Å². The van der Waals surface area contributed by atoms with Crippen molar-refractivity contribution in [1.29, 1.82) is 0 Å². The van der Waals surface area contributed by atoms with E-state index in [1.54, 1.807) is 23.1 Å².